The zero-order valence-electron chi connectivity index (χ0n) is 22.7. The molecule has 6 nitrogen and oxygen atoms in total. The lowest BCUT2D eigenvalue weighted by Crippen LogP contribution is -2.52. The number of rotatable bonds is 8. The molecule has 2 bridgehead atoms. The number of hydrogen-bond acceptors (Lipinski definition) is 4. The van der Waals surface area contributed by atoms with Crippen LogP contribution >= 0.6 is 0 Å². The van der Waals surface area contributed by atoms with Crippen molar-refractivity contribution < 1.29 is 18.7 Å². The lowest BCUT2D eigenvalue weighted by Gasteiger charge is -2.57. The topological polar surface area (TPSA) is 53.1 Å². The highest BCUT2D eigenvalue weighted by Gasteiger charge is 2.51. The molecule has 0 aromatic heterocycles. The quantitative estimate of drug-likeness (QED) is 0.474. The number of halogens is 1. The number of piperazine rings is 1. The second-order valence-corrected chi connectivity index (χ2v) is 11.4. The van der Waals surface area contributed by atoms with Crippen molar-refractivity contribution in [1.82, 2.24) is 14.7 Å². The van der Waals surface area contributed by atoms with Gasteiger partial charge in [-0.1, -0.05) is 31.6 Å². The molecule has 0 N–H and O–H groups in total. The first-order valence-electron chi connectivity index (χ1n) is 13.7. The number of nitrogens with zero attached hydrogens (tertiary/aromatic N) is 3. The third-order valence-electron chi connectivity index (χ3n) is 9.00. The Balaban J connectivity index is 1.21. The Labute approximate surface area is 225 Å². The van der Waals surface area contributed by atoms with E-state index in [1.165, 1.54) is 24.1 Å². The molecule has 2 unspecified atom stereocenters. The standard InChI is InChI=1S/C31H38FN3O3/c1-31(2)25-10-7-24(28(31)20-25)21-35(29(36)22-8-11-26(32)12-9-22)18-15-33-13-16-34(17-14-33)30(37)23-5-4-6-27(19-23)38-3/h4-9,11-12,19,25,28H,10,13-18,20-21H2,1-3H3. The predicted molar refractivity (Wildman–Crippen MR) is 146 cm³/mol. The molecule has 0 spiro atoms. The molecule has 2 aromatic carbocycles. The third-order valence-corrected chi connectivity index (χ3v) is 9.00. The van der Waals surface area contributed by atoms with Crippen LogP contribution in [0.5, 0.6) is 5.75 Å². The van der Waals surface area contributed by atoms with Crippen LogP contribution in [-0.2, 0) is 0 Å². The van der Waals surface area contributed by atoms with Crippen LogP contribution in [0.2, 0.25) is 0 Å². The summed E-state index contributed by atoms with van der Waals surface area (Å²) in [6.45, 7) is 9.43. The number of allylic oxidation sites excluding steroid dienone is 1. The van der Waals surface area contributed by atoms with Gasteiger partial charge in [0.25, 0.3) is 11.8 Å². The van der Waals surface area contributed by atoms with E-state index in [1.54, 1.807) is 25.3 Å². The van der Waals surface area contributed by atoms with Crippen LogP contribution in [0.25, 0.3) is 0 Å². The SMILES string of the molecule is COc1cccc(C(=O)N2CCN(CCN(CC3=CCC4CC3C4(C)C)C(=O)c3ccc(F)cc3)CC2)c1. The van der Waals surface area contributed by atoms with Crippen molar-refractivity contribution in [1.29, 1.82) is 0 Å². The van der Waals surface area contributed by atoms with Crippen LogP contribution in [-0.4, -0.2) is 79.4 Å². The van der Waals surface area contributed by atoms with Crippen molar-refractivity contribution in [2.75, 3.05) is 52.9 Å². The van der Waals surface area contributed by atoms with E-state index < -0.39 is 0 Å². The number of benzene rings is 2. The first kappa shape index (κ1) is 26.4. The van der Waals surface area contributed by atoms with Crippen molar-refractivity contribution in [2.45, 2.75) is 26.7 Å². The lowest BCUT2D eigenvalue weighted by molar-refractivity contribution is -0.0105. The van der Waals surface area contributed by atoms with Gasteiger partial charge >= 0.3 is 0 Å². The Morgan fingerprint density at radius 1 is 1.05 bits per heavy atom. The molecule has 2 atom stereocenters. The number of amides is 2. The van der Waals surface area contributed by atoms with E-state index in [1.807, 2.05) is 28.0 Å². The summed E-state index contributed by atoms with van der Waals surface area (Å²) in [5.41, 5.74) is 2.81. The van der Waals surface area contributed by atoms with Gasteiger partial charge in [-0.05, 0) is 72.6 Å². The number of fused-ring (bicyclic) bond motifs is 1. The van der Waals surface area contributed by atoms with Crippen molar-refractivity contribution in [3.05, 3.63) is 77.1 Å². The number of methoxy groups -OCH3 is 1. The van der Waals surface area contributed by atoms with Crippen LogP contribution in [0, 0.1) is 23.1 Å². The summed E-state index contributed by atoms with van der Waals surface area (Å²) in [5, 5.41) is 0. The maximum absolute atomic E-state index is 13.5. The van der Waals surface area contributed by atoms with Crippen molar-refractivity contribution in [3.63, 3.8) is 0 Å². The van der Waals surface area contributed by atoms with E-state index in [2.05, 4.69) is 24.8 Å². The van der Waals surface area contributed by atoms with E-state index >= 15 is 0 Å². The molecule has 1 heterocycles. The molecule has 3 aliphatic carbocycles. The first-order chi connectivity index (χ1) is 18.3. The Morgan fingerprint density at radius 3 is 2.45 bits per heavy atom. The Kier molecular flexibility index (Phi) is 7.57. The highest BCUT2D eigenvalue weighted by atomic mass is 19.1. The summed E-state index contributed by atoms with van der Waals surface area (Å²) in [6.07, 6.45) is 4.64. The lowest BCUT2D eigenvalue weighted by atomic mass is 9.49. The molecule has 4 aliphatic rings. The second kappa shape index (κ2) is 10.9. The molecule has 2 fully saturated rings. The molecule has 1 saturated carbocycles. The molecule has 2 aromatic rings. The average molecular weight is 520 g/mol. The minimum absolute atomic E-state index is 0.0160. The highest BCUT2D eigenvalue weighted by molar-refractivity contribution is 5.95. The Bertz CT molecular complexity index is 1200. The van der Waals surface area contributed by atoms with Gasteiger partial charge in [0.2, 0.25) is 0 Å². The number of ether oxygens (including phenoxy) is 1. The van der Waals surface area contributed by atoms with E-state index in [-0.39, 0.29) is 17.6 Å². The van der Waals surface area contributed by atoms with Crippen molar-refractivity contribution in [3.8, 4) is 5.75 Å². The van der Waals surface area contributed by atoms with Gasteiger partial charge in [0.15, 0.2) is 0 Å². The van der Waals surface area contributed by atoms with Crippen LogP contribution in [0.4, 0.5) is 4.39 Å². The fourth-order valence-corrected chi connectivity index (χ4v) is 6.28. The average Bonchev–Trinajstić information content (AvgIpc) is 2.95. The summed E-state index contributed by atoms with van der Waals surface area (Å²) < 4.78 is 18.8. The van der Waals surface area contributed by atoms with E-state index in [0.717, 1.165) is 32.0 Å². The molecule has 2 amide bonds. The van der Waals surface area contributed by atoms with Gasteiger partial charge in [-0.15, -0.1) is 0 Å². The summed E-state index contributed by atoms with van der Waals surface area (Å²) in [7, 11) is 1.60. The van der Waals surface area contributed by atoms with Gasteiger partial charge in [0.1, 0.15) is 11.6 Å². The highest BCUT2D eigenvalue weighted by Crippen LogP contribution is 2.59. The summed E-state index contributed by atoms with van der Waals surface area (Å²) in [4.78, 5) is 32.6. The van der Waals surface area contributed by atoms with E-state index in [0.29, 0.717) is 54.4 Å². The van der Waals surface area contributed by atoms with Gasteiger partial charge in [0.05, 0.1) is 7.11 Å². The monoisotopic (exact) mass is 519 g/mol. The molecule has 1 saturated heterocycles. The predicted octanol–water partition coefficient (Wildman–Crippen LogP) is 4.73. The molecule has 1 aliphatic heterocycles. The Morgan fingerprint density at radius 2 is 1.79 bits per heavy atom. The minimum Gasteiger partial charge on any atom is -0.497 e. The molecule has 202 valence electrons. The number of carbonyl (C=O) groups is 2. The molecule has 6 rings (SSSR count). The molecule has 7 heteroatoms. The van der Waals surface area contributed by atoms with Gasteiger partial charge in [-0.2, -0.15) is 0 Å². The van der Waals surface area contributed by atoms with E-state index in [9.17, 15) is 14.0 Å². The first-order valence-corrected chi connectivity index (χ1v) is 13.7. The summed E-state index contributed by atoms with van der Waals surface area (Å²) >= 11 is 0. The van der Waals surface area contributed by atoms with Crippen LogP contribution in [0.1, 0.15) is 47.4 Å². The zero-order valence-corrected chi connectivity index (χ0v) is 22.7. The van der Waals surface area contributed by atoms with Crippen LogP contribution in [0.3, 0.4) is 0 Å². The van der Waals surface area contributed by atoms with Crippen molar-refractivity contribution in [2.24, 2.45) is 17.3 Å². The largest absolute Gasteiger partial charge is 0.497 e. The normalized spacial score (nSPS) is 22.3. The van der Waals surface area contributed by atoms with E-state index in [4.69, 9.17) is 4.74 Å². The van der Waals surface area contributed by atoms with Gasteiger partial charge < -0.3 is 14.5 Å². The molecular formula is C31H38FN3O3. The number of hydrogen-bond donors (Lipinski definition) is 0. The Hall–Kier alpha value is -3.19. The smallest absolute Gasteiger partial charge is 0.254 e. The maximum Gasteiger partial charge on any atom is 0.254 e. The van der Waals surface area contributed by atoms with Gasteiger partial charge in [0, 0.05) is 56.9 Å². The molecule has 38 heavy (non-hydrogen) atoms. The fourth-order valence-electron chi connectivity index (χ4n) is 6.28. The van der Waals surface area contributed by atoms with Crippen LogP contribution in [0.15, 0.2) is 60.2 Å². The van der Waals surface area contributed by atoms with Gasteiger partial charge in [-0.3, -0.25) is 14.5 Å². The fraction of sp³-hybridized carbons (Fsp3) is 0.484. The zero-order chi connectivity index (χ0) is 26.9. The molecular weight excluding hydrogens is 481 g/mol. The van der Waals surface area contributed by atoms with Gasteiger partial charge in [-0.25, -0.2) is 4.39 Å². The van der Waals surface area contributed by atoms with Crippen molar-refractivity contribution >= 4 is 11.8 Å². The summed E-state index contributed by atoms with van der Waals surface area (Å²) in [5.74, 6) is 1.56. The third kappa shape index (κ3) is 5.35. The van der Waals surface area contributed by atoms with Crippen LogP contribution < -0.4 is 4.74 Å². The minimum atomic E-state index is -0.341. The summed E-state index contributed by atoms with van der Waals surface area (Å²) in [6, 6.07) is 13.1. The number of carbonyl (C=O) groups excluding carboxylic acids is 2. The second-order valence-electron chi connectivity index (χ2n) is 11.4. The molecule has 0 radical (unpaired) electrons. The maximum atomic E-state index is 13.5.